The van der Waals surface area contributed by atoms with Crippen LogP contribution >= 0.6 is 24.0 Å². The second-order valence-electron chi connectivity index (χ2n) is 5.27. The predicted octanol–water partition coefficient (Wildman–Crippen LogP) is 5.10. The van der Waals surface area contributed by atoms with Crippen molar-refractivity contribution in [2.75, 3.05) is 18.0 Å². The van der Waals surface area contributed by atoms with Gasteiger partial charge in [-0.25, -0.2) is 9.79 Å². The third-order valence-electron chi connectivity index (χ3n) is 3.67. The molecule has 0 bridgehead atoms. The lowest BCUT2D eigenvalue weighted by molar-refractivity contribution is 0.232. The Balaban J connectivity index is 2.08. The molecule has 1 aromatic rings. The fourth-order valence-electron chi connectivity index (χ4n) is 2.50. The Morgan fingerprint density at radius 2 is 2.08 bits per heavy atom. The van der Waals surface area contributed by atoms with Crippen molar-refractivity contribution in [2.24, 2.45) is 4.99 Å². The molecule has 128 valence electrons. The number of hydrogen-bond donors (Lipinski definition) is 0. The number of carbonyl (C=O) groups excluding carboxylic acids is 1. The van der Waals surface area contributed by atoms with Gasteiger partial charge in [-0.05, 0) is 44.9 Å². The summed E-state index contributed by atoms with van der Waals surface area (Å²) >= 11 is 6.99. The van der Waals surface area contributed by atoms with E-state index in [0.29, 0.717) is 11.5 Å². The van der Waals surface area contributed by atoms with E-state index in [1.165, 1.54) is 10.6 Å². The summed E-state index contributed by atoms with van der Waals surface area (Å²) in [4.78, 5) is 21.9. The number of rotatable bonds is 5. The molecule has 1 heterocycles. The third-order valence-corrected chi connectivity index (χ3v) is 5.22. The van der Waals surface area contributed by atoms with Crippen LogP contribution in [-0.4, -0.2) is 35.2 Å². The molecule has 0 spiro atoms. The topological polar surface area (TPSA) is 35.9 Å². The molecule has 0 N–H and O–H groups in total. The van der Waals surface area contributed by atoms with E-state index in [4.69, 9.17) is 12.2 Å². The number of urea groups is 1. The summed E-state index contributed by atoms with van der Waals surface area (Å²) in [6.07, 6.45) is 5.14. The lowest BCUT2D eigenvalue weighted by Gasteiger charge is -2.18. The highest BCUT2D eigenvalue weighted by Gasteiger charge is 2.22. The van der Waals surface area contributed by atoms with Crippen LogP contribution in [0.15, 0.2) is 45.3 Å². The number of nitrogens with zero attached hydrogens (tertiary/aromatic N) is 3. The summed E-state index contributed by atoms with van der Waals surface area (Å²) in [5, 5.41) is 1.08. The fraction of sp³-hybridized carbons (Fsp3) is 0.389. The van der Waals surface area contributed by atoms with Gasteiger partial charge in [0.15, 0.2) is 0 Å². The minimum absolute atomic E-state index is 0.295. The maximum absolute atomic E-state index is 12.2. The fourth-order valence-corrected chi connectivity index (χ4v) is 4.04. The average molecular weight is 362 g/mol. The Hall–Kier alpha value is -1.66. The van der Waals surface area contributed by atoms with Gasteiger partial charge in [-0.1, -0.05) is 43.0 Å². The molecule has 4 nitrogen and oxygen atoms in total. The van der Waals surface area contributed by atoms with Crippen LogP contribution in [0.2, 0.25) is 0 Å². The van der Waals surface area contributed by atoms with E-state index in [2.05, 4.69) is 28.9 Å². The molecule has 2 amide bonds. The molecule has 1 aliphatic rings. The first-order valence-corrected chi connectivity index (χ1v) is 9.47. The lowest BCUT2D eigenvalue weighted by atomic mass is 10.3. The minimum Gasteiger partial charge on any atom is -0.335 e. The Labute approximate surface area is 153 Å². The monoisotopic (exact) mass is 361 g/mol. The Bertz CT molecular complexity index is 670. The smallest absolute Gasteiger partial charge is 0.335 e. The normalized spacial score (nSPS) is 15.1. The van der Waals surface area contributed by atoms with Crippen molar-refractivity contribution >= 4 is 46.9 Å². The number of amides is 2. The van der Waals surface area contributed by atoms with E-state index in [1.54, 1.807) is 22.9 Å². The van der Waals surface area contributed by atoms with Gasteiger partial charge in [0.05, 0.1) is 15.7 Å². The summed E-state index contributed by atoms with van der Waals surface area (Å²) in [7, 11) is 0. The van der Waals surface area contributed by atoms with Gasteiger partial charge in [-0.2, -0.15) is 0 Å². The second-order valence-corrected chi connectivity index (χ2v) is 6.80. The van der Waals surface area contributed by atoms with Gasteiger partial charge < -0.3 is 4.90 Å². The number of allylic oxidation sites excluding steroid dienone is 1. The van der Waals surface area contributed by atoms with Crippen molar-refractivity contribution in [3.8, 4) is 0 Å². The highest BCUT2D eigenvalue weighted by atomic mass is 32.2. The van der Waals surface area contributed by atoms with Gasteiger partial charge in [-0.15, -0.1) is 0 Å². The molecule has 0 saturated heterocycles. The summed E-state index contributed by atoms with van der Waals surface area (Å²) in [6.45, 7) is 7.50. The van der Waals surface area contributed by atoms with Crippen molar-refractivity contribution in [3.05, 3.63) is 35.4 Å². The Kier molecular flexibility index (Phi) is 6.99. The van der Waals surface area contributed by atoms with Gasteiger partial charge >= 0.3 is 6.03 Å². The first-order chi connectivity index (χ1) is 11.6. The maximum atomic E-state index is 12.2. The second kappa shape index (κ2) is 8.99. The van der Waals surface area contributed by atoms with E-state index in [-0.39, 0.29) is 6.03 Å². The molecule has 2 rings (SSSR count). The highest BCUT2D eigenvalue weighted by molar-refractivity contribution is 8.03. The van der Waals surface area contributed by atoms with E-state index in [1.807, 2.05) is 32.1 Å². The predicted molar refractivity (Wildman–Crippen MR) is 107 cm³/mol. The molecular weight excluding hydrogens is 338 g/mol. The number of thioether (sulfide) groups is 1. The number of aliphatic imine (C=N–C) groups is 1. The molecule has 0 unspecified atom stereocenters. The molecule has 1 aliphatic heterocycles. The molecule has 0 aromatic heterocycles. The zero-order chi connectivity index (χ0) is 17.5. The van der Waals surface area contributed by atoms with Crippen LogP contribution in [0.5, 0.6) is 0 Å². The van der Waals surface area contributed by atoms with Crippen molar-refractivity contribution in [1.82, 2.24) is 4.90 Å². The lowest BCUT2D eigenvalue weighted by Crippen LogP contribution is -2.33. The zero-order valence-electron chi connectivity index (χ0n) is 14.4. The SMILES string of the molecule is CCCC(=S)N(CC)C(=O)N=CC=C1Sc2ccccc2N1CC. The molecule has 0 saturated carbocycles. The van der Waals surface area contributed by atoms with Crippen molar-refractivity contribution in [1.29, 1.82) is 0 Å². The van der Waals surface area contributed by atoms with Crippen LogP contribution in [0.1, 0.15) is 33.6 Å². The summed E-state index contributed by atoms with van der Waals surface area (Å²) in [5.41, 5.74) is 1.20. The third kappa shape index (κ3) is 4.24. The van der Waals surface area contributed by atoms with Crippen LogP contribution in [-0.2, 0) is 0 Å². The molecule has 24 heavy (non-hydrogen) atoms. The first kappa shape index (κ1) is 18.7. The number of carbonyl (C=O) groups is 1. The number of thiocarbonyl (C=S) groups is 1. The molecule has 0 radical (unpaired) electrons. The number of anilines is 1. The quantitative estimate of drug-likeness (QED) is 0.540. The molecule has 1 aromatic carbocycles. The van der Waals surface area contributed by atoms with Crippen LogP contribution in [0, 0.1) is 0 Å². The van der Waals surface area contributed by atoms with Crippen molar-refractivity contribution in [3.63, 3.8) is 0 Å². The largest absolute Gasteiger partial charge is 0.348 e. The molecule has 0 aliphatic carbocycles. The van der Waals surface area contributed by atoms with E-state index in [9.17, 15) is 4.79 Å². The van der Waals surface area contributed by atoms with Crippen LogP contribution in [0.25, 0.3) is 0 Å². The molecule has 6 heteroatoms. The number of fused-ring (bicyclic) bond motifs is 1. The number of hydrogen-bond acceptors (Lipinski definition) is 4. The first-order valence-electron chi connectivity index (χ1n) is 8.25. The summed E-state index contributed by atoms with van der Waals surface area (Å²) in [5.74, 6) is 0. The summed E-state index contributed by atoms with van der Waals surface area (Å²) in [6, 6.07) is 7.99. The average Bonchev–Trinajstić information content (AvgIpc) is 2.93. The standard InChI is InChI=1S/C18H23N3OS2/c1-4-9-16(23)21(6-3)18(22)19-13-12-17-20(5-2)14-10-7-8-11-15(14)24-17/h7-8,10-13H,4-6,9H2,1-3H3. The zero-order valence-corrected chi connectivity index (χ0v) is 16.0. The van der Waals surface area contributed by atoms with Crippen LogP contribution < -0.4 is 4.90 Å². The number of para-hydroxylation sites is 1. The maximum Gasteiger partial charge on any atom is 0.348 e. The molecule has 0 atom stereocenters. The molecular formula is C18H23N3OS2. The summed E-state index contributed by atoms with van der Waals surface area (Å²) < 4.78 is 0. The van der Waals surface area contributed by atoms with Crippen LogP contribution in [0.3, 0.4) is 0 Å². The Morgan fingerprint density at radius 3 is 2.75 bits per heavy atom. The van der Waals surface area contributed by atoms with Gasteiger partial charge in [0, 0.05) is 24.2 Å². The van der Waals surface area contributed by atoms with Crippen molar-refractivity contribution < 1.29 is 4.79 Å². The highest BCUT2D eigenvalue weighted by Crippen LogP contribution is 2.45. The number of benzene rings is 1. The van der Waals surface area contributed by atoms with E-state index < -0.39 is 0 Å². The Morgan fingerprint density at radius 1 is 1.33 bits per heavy atom. The minimum atomic E-state index is -0.295. The van der Waals surface area contributed by atoms with Gasteiger partial charge in [0.25, 0.3) is 0 Å². The van der Waals surface area contributed by atoms with E-state index >= 15 is 0 Å². The van der Waals surface area contributed by atoms with Crippen molar-refractivity contribution in [2.45, 2.75) is 38.5 Å². The van der Waals surface area contributed by atoms with Gasteiger partial charge in [-0.3, -0.25) is 4.90 Å². The van der Waals surface area contributed by atoms with Crippen LogP contribution in [0.4, 0.5) is 10.5 Å². The van der Waals surface area contributed by atoms with E-state index in [0.717, 1.165) is 24.4 Å². The van der Waals surface area contributed by atoms with Gasteiger partial charge in [0.2, 0.25) is 0 Å². The molecule has 0 fully saturated rings. The van der Waals surface area contributed by atoms with Gasteiger partial charge in [0.1, 0.15) is 0 Å².